The van der Waals surface area contributed by atoms with E-state index in [-0.39, 0.29) is 12.5 Å². The number of amides is 1. The third kappa shape index (κ3) is 3.43. The van der Waals surface area contributed by atoms with Crippen LogP contribution in [-0.2, 0) is 9.53 Å². The van der Waals surface area contributed by atoms with Crippen molar-refractivity contribution in [3.05, 3.63) is 0 Å². The molecule has 2 rings (SSSR count). The molecule has 0 aromatic carbocycles. The van der Waals surface area contributed by atoms with Crippen molar-refractivity contribution in [1.82, 2.24) is 9.80 Å². The van der Waals surface area contributed by atoms with Crippen molar-refractivity contribution in [3.8, 4) is 0 Å². The zero-order valence-corrected chi connectivity index (χ0v) is 11.3. The van der Waals surface area contributed by atoms with Crippen LogP contribution in [0.1, 0.15) is 26.2 Å². The number of nitrogens with zero attached hydrogens (tertiary/aromatic N) is 2. The fourth-order valence-corrected chi connectivity index (χ4v) is 2.83. The molecule has 18 heavy (non-hydrogen) atoms. The molecule has 0 saturated carbocycles. The lowest BCUT2D eigenvalue weighted by atomic mass is 10.0. The Hall–Kier alpha value is -0.650. The van der Waals surface area contributed by atoms with Crippen molar-refractivity contribution in [1.29, 1.82) is 0 Å². The number of piperidine rings is 1. The molecule has 2 fully saturated rings. The zero-order valence-electron chi connectivity index (χ0n) is 11.3. The molecule has 0 bridgehead atoms. The number of likely N-dealkylation sites (tertiary alicyclic amines) is 2. The maximum Gasteiger partial charge on any atom is 0.248 e. The average molecular weight is 255 g/mol. The van der Waals surface area contributed by atoms with Gasteiger partial charge in [-0.2, -0.15) is 0 Å². The van der Waals surface area contributed by atoms with Gasteiger partial charge < -0.3 is 15.4 Å². The average Bonchev–Trinajstić information content (AvgIpc) is 2.86. The Bertz CT molecular complexity index is 277. The third-order valence-electron chi connectivity index (χ3n) is 4.04. The van der Waals surface area contributed by atoms with E-state index in [0.717, 1.165) is 45.4 Å². The van der Waals surface area contributed by atoms with Crippen LogP contribution in [0.3, 0.4) is 0 Å². The van der Waals surface area contributed by atoms with Crippen LogP contribution in [-0.4, -0.2) is 67.2 Å². The van der Waals surface area contributed by atoms with Gasteiger partial charge in [0, 0.05) is 31.8 Å². The first-order valence-corrected chi connectivity index (χ1v) is 7.06. The molecule has 1 amide bonds. The summed E-state index contributed by atoms with van der Waals surface area (Å²) in [5.74, 6) is 0.132. The Labute approximate surface area is 109 Å². The summed E-state index contributed by atoms with van der Waals surface area (Å²) in [5, 5.41) is 0. The van der Waals surface area contributed by atoms with E-state index in [1.54, 1.807) is 0 Å². The van der Waals surface area contributed by atoms with E-state index in [9.17, 15) is 4.79 Å². The summed E-state index contributed by atoms with van der Waals surface area (Å²) in [5.41, 5.74) is 5.92. The number of nitrogens with two attached hydrogens (primary N) is 1. The Kier molecular flexibility index (Phi) is 4.97. The largest absolute Gasteiger partial charge is 0.372 e. The Balaban J connectivity index is 1.76. The second-order valence-corrected chi connectivity index (χ2v) is 5.29. The van der Waals surface area contributed by atoms with Crippen molar-refractivity contribution in [2.75, 3.05) is 39.4 Å². The maximum absolute atomic E-state index is 11.8. The van der Waals surface area contributed by atoms with Gasteiger partial charge in [0.15, 0.2) is 0 Å². The van der Waals surface area contributed by atoms with Crippen molar-refractivity contribution >= 4 is 5.91 Å². The summed E-state index contributed by atoms with van der Waals surface area (Å²) >= 11 is 0. The molecule has 0 spiro atoms. The minimum Gasteiger partial charge on any atom is -0.372 e. The van der Waals surface area contributed by atoms with E-state index in [0.29, 0.717) is 18.7 Å². The van der Waals surface area contributed by atoms with Crippen LogP contribution in [0, 0.1) is 0 Å². The molecule has 1 atom stereocenters. The summed E-state index contributed by atoms with van der Waals surface area (Å²) in [6, 6.07) is 0.904. The van der Waals surface area contributed by atoms with Gasteiger partial charge >= 0.3 is 0 Å². The highest BCUT2D eigenvalue weighted by Crippen LogP contribution is 2.19. The lowest BCUT2D eigenvalue weighted by molar-refractivity contribution is -0.135. The standard InChI is InChI=1S/C13H25N3O2/c1-2-18-10-13(17)16-8-5-12(9-16)15-6-3-11(14)4-7-15/h11-12H,2-10,14H2,1H3. The first kappa shape index (κ1) is 13.8. The fraction of sp³-hybridized carbons (Fsp3) is 0.923. The van der Waals surface area contributed by atoms with Gasteiger partial charge in [0.25, 0.3) is 0 Å². The summed E-state index contributed by atoms with van der Waals surface area (Å²) in [4.78, 5) is 16.3. The van der Waals surface area contributed by atoms with E-state index in [1.807, 2.05) is 11.8 Å². The van der Waals surface area contributed by atoms with Gasteiger partial charge in [0.1, 0.15) is 6.61 Å². The third-order valence-corrected chi connectivity index (χ3v) is 4.04. The van der Waals surface area contributed by atoms with Gasteiger partial charge in [0.2, 0.25) is 5.91 Å². The highest BCUT2D eigenvalue weighted by atomic mass is 16.5. The predicted molar refractivity (Wildman–Crippen MR) is 70.3 cm³/mol. The molecule has 2 N–H and O–H groups in total. The number of hydrogen-bond acceptors (Lipinski definition) is 4. The molecular weight excluding hydrogens is 230 g/mol. The summed E-state index contributed by atoms with van der Waals surface area (Å²) < 4.78 is 5.18. The molecule has 0 aliphatic carbocycles. The first-order chi connectivity index (χ1) is 8.70. The molecule has 5 nitrogen and oxygen atoms in total. The van der Waals surface area contributed by atoms with Crippen LogP contribution in [0.2, 0.25) is 0 Å². The Morgan fingerprint density at radius 3 is 2.67 bits per heavy atom. The van der Waals surface area contributed by atoms with Gasteiger partial charge in [-0.15, -0.1) is 0 Å². The predicted octanol–water partition coefficient (Wildman–Crippen LogP) is 0.0469. The smallest absolute Gasteiger partial charge is 0.248 e. The Morgan fingerprint density at radius 2 is 2.00 bits per heavy atom. The van der Waals surface area contributed by atoms with Crippen LogP contribution >= 0.6 is 0 Å². The normalized spacial score (nSPS) is 26.8. The molecule has 104 valence electrons. The highest BCUT2D eigenvalue weighted by Gasteiger charge is 2.31. The fourth-order valence-electron chi connectivity index (χ4n) is 2.83. The van der Waals surface area contributed by atoms with Crippen LogP contribution in [0.25, 0.3) is 0 Å². The molecule has 2 saturated heterocycles. The van der Waals surface area contributed by atoms with E-state index in [1.165, 1.54) is 0 Å². The van der Waals surface area contributed by atoms with Gasteiger partial charge in [-0.1, -0.05) is 0 Å². The summed E-state index contributed by atoms with van der Waals surface area (Å²) in [7, 11) is 0. The lowest BCUT2D eigenvalue weighted by Crippen LogP contribution is -2.46. The number of rotatable bonds is 4. The molecule has 2 aliphatic heterocycles. The van der Waals surface area contributed by atoms with Gasteiger partial charge in [0.05, 0.1) is 0 Å². The minimum absolute atomic E-state index is 0.132. The van der Waals surface area contributed by atoms with Crippen LogP contribution in [0.15, 0.2) is 0 Å². The number of carbonyl (C=O) groups is 1. The quantitative estimate of drug-likeness (QED) is 0.771. The highest BCUT2D eigenvalue weighted by molar-refractivity contribution is 5.77. The van der Waals surface area contributed by atoms with Crippen LogP contribution in [0.5, 0.6) is 0 Å². The van der Waals surface area contributed by atoms with Gasteiger partial charge in [-0.25, -0.2) is 0 Å². The first-order valence-electron chi connectivity index (χ1n) is 7.06. The van der Waals surface area contributed by atoms with E-state index in [2.05, 4.69) is 4.90 Å². The van der Waals surface area contributed by atoms with Crippen molar-refractivity contribution in [2.45, 2.75) is 38.3 Å². The monoisotopic (exact) mass is 255 g/mol. The molecule has 0 aromatic heterocycles. The molecule has 1 unspecified atom stereocenters. The molecule has 2 heterocycles. The number of carbonyl (C=O) groups excluding carboxylic acids is 1. The van der Waals surface area contributed by atoms with E-state index >= 15 is 0 Å². The second-order valence-electron chi connectivity index (χ2n) is 5.29. The lowest BCUT2D eigenvalue weighted by Gasteiger charge is -2.34. The molecule has 0 radical (unpaired) electrons. The zero-order chi connectivity index (χ0) is 13.0. The van der Waals surface area contributed by atoms with Crippen LogP contribution in [0.4, 0.5) is 0 Å². The minimum atomic E-state index is 0.132. The van der Waals surface area contributed by atoms with Crippen molar-refractivity contribution < 1.29 is 9.53 Å². The SMILES string of the molecule is CCOCC(=O)N1CCC(N2CCC(N)CC2)C1. The van der Waals surface area contributed by atoms with Gasteiger partial charge in [-0.3, -0.25) is 9.69 Å². The number of hydrogen-bond donors (Lipinski definition) is 1. The molecule has 0 aromatic rings. The van der Waals surface area contributed by atoms with E-state index < -0.39 is 0 Å². The van der Waals surface area contributed by atoms with E-state index in [4.69, 9.17) is 10.5 Å². The summed E-state index contributed by atoms with van der Waals surface area (Å²) in [6.45, 7) is 6.65. The van der Waals surface area contributed by atoms with Crippen molar-refractivity contribution in [3.63, 3.8) is 0 Å². The Morgan fingerprint density at radius 1 is 1.28 bits per heavy atom. The number of ether oxygens (including phenoxy) is 1. The second kappa shape index (κ2) is 6.50. The topological polar surface area (TPSA) is 58.8 Å². The van der Waals surface area contributed by atoms with Gasteiger partial charge in [-0.05, 0) is 39.3 Å². The molecule has 5 heteroatoms. The maximum atomic E-state index is 11.8. The molecular formula is C13H25N3O2. The molecule has 2 aliphatic rings. The summed E-state index contributed by atoms with van der Waals surface area (Å²) in [6.07, 6.45) is 3.26. The van der Waals surface area contributed by atoms with Crippen molar-refractivity contribution in [2.24, 2.45) is 5.73 Å². The van der Waals surface area contributed by atoms with Crippen LogP contribution < -0.4 is 5.73 Å².